The molecule has 25 heavy (non-hydrogen) atoms. The monoisotopic (exact) mass is 354 g/mol. The van der Waals surface area contributed by atoms with Gasteiger partial charge in [0.15, 0.2) is 5.01 Å². The fourth-order valence-corrected chi connectivity index (χ4v) is 3.22. The van der Waals surface area contributed by atoms with Crippen LogP contribution in [0.15, 0.2) is 42.6 Å². The molecule has 0 N–H and O–H groups in total. The molecule has 3 aromatic heterocycles. The Bertz CT molecular complexity index is 1080. The van der Waals surface area contributed by atoms with E-state index in [1.807, 2.05) is 18.2 Å². The van der Waals surface area contributed by atoms with E-state index in [4.69, 9.17) is 4.74 Å². The maximum atomic E-state index is 10.9. The summed E-state index contributed by atoms with van der Waals surface area (Å²) in [7, 11) is 1.46. The number of ether oxygens (including phenoxy) is 1. The first-order valence-electron chi connectivity index (χ1n) is 7.14. The molecule has 0 aliphatic carbocycles. The number of benzene rings is 1. The average molecular weight is 354 g/mol. The van der Waals surface area contributed by atoms with Crippen molar-refractivity contribution in [2.24, 2.45) is 0 Å². The smallest absolute Gasteiger partial charge is 0.273 e. The highest BCUT2D eigenvalue weighted by Gasteiger charge is 2.19. The Morgan fingerprint density at radius 2 is 2.12 bits per heavy atom. The number of hydrogen-bond donors (Lipinski definition) is 0. The lowest BCUT2D eigenvalue weighted by Crippen LogP contribution is -1.95. The predicted molar refractivity (Wildman–Crippen MR) is 90.5 cm³/mol. The van der Waals surface area contributed by atoms with Gasteiger partial charge in [0.25, 0.3) is 5.69 Å². The maximum absolute atomic E-state index is 10.9. The van der Waals surface area contributed by atoms with Crippen molar-refractivity contribution in [2.75, 3.05) is 7.11 Å². The van der Waals surface area contributed by atoms with Crippen molar-refractivity contribution in [1.82, 2.24) is 24.8 Å². The molecule has 0 unspecified atom stereocenters. The second kappa shape index (κ2) is 5.91. The molecule has 10 heteroatoms. The molecular formula is C15H10N6O3S. The minimum absolute atomic E-state index is 0.0437. The molecule has 9 nitrogen and oxygen atoms in total. The third-order valence-corrected chi connectivity index (χ3v) is 4.44. The Kier molecular flexibility index (Phi) is 3.58. The number of methoxy groups -OCH3 is 1. The van der Waals surface area contributed by atoms with Crippen molar-refractivity contribution >= 4 is 22.0 Å². The van der Waals surface area contributed by atoms with Gasteiger partial charge in [-0.1, -0.05) is 17.4 Å². The first-order chi connectivity index (χ1) is 12.2. The van der Waals surface area contributed by atoms with Gasteiger partial charge in [-0.2, -0.15) is 9.61 Å². The van der Waals surface area contributed by atoms with Crippen LogP contribution >= 0.6 is 11.3 Å². The summed E-state index contributed by atoms with van der Waals surface area (Å²) in [6, 6.07) is 9.90. The summed E-state index contributed by atoms with van der Waals surface area (Å²) < 4.78 is 6.88. The van der Waals surface area contributed by atoms with E-state index in [1.54, 1.807) is 16.8 Å². The van der Waals surface area contributed by atoms with Crippen molar-refractivity contribution in [3.63, 3.8) is 0 Å². The quantitative estimate of drug-likeness (QED) is 0.409. The van der Waals surface area contributed by atoms with Crippen LogP contribution in [-0.4, -0.2) is 36.8 Å². The number of nitro groups is 1. The van der Waals surface area contributed by atoms with Crippen LogP contribution < -0.4 is 4.74 Å². The van der Waals surface area contributed by atoms with E-state index < -0.39 is 4.92 Å². The van der Waals surface area contributed by atoms with Crippen molar-refractivity contribution in [2.45, 2.75) is 0 Å². The van der Waals surface area contributed by atoms with Gasteiger partial charge in [-0.25, -0.2) is 0 Å². The van der Waals surface area contributed by atoms with E-state index in [9.17, 15) is 10.1 Å². The first-order valence-corrected chi connectivity index (χ1v) is 7.95. The molecule has 0 aliphatic rings. The van der Waals surface area contributed by atoms with Gasteiger partial charge in [0.05, 0.1) is 23.7 Å². The lowest BCUT2D eigenvalue weighted by molar-refractivity contribution is -0.384. The Morgan fingerprint density at radius 1 is 1.24 bits per heavy atom. The molecule has 0 fully saturated rings. The lowest BCUT2D eigenvalue weighted by Gasteiger charge is -2.05. The van der Waals surface area contributed by atoms with Crippen LogP contribution in [0.2, 0.25) is 0 Å². The number of pyridine rings is 1. The normalized spacial score (nSPS) is 10.9. The minimum Gasteiger partial charge on any atom is -0.496 e. The third-order valence-electron chi connectivity index (χ3n) is 3.51. The molecule has 0 amide bonds. The molecule has 4 aromatic rings. The standard InChI is InChI=1S/C15H10N6O3S/c1-24-12-8-9(21(22)23)5-6-10(12)14-19-20-13(17-18-15(20)25-14)11-4-2-3-7-16-11/h2-8H,1H3. The summed E-state index contributed by atoms with van der Waals surface area (Å²) in [5, 5.41) is 24.3. The van der Waals surface area contributed by atoms with Crippen LogP contribution in [0.5, 0.6) is 5.75 Å². The number of aromatic nitrogens is 5. The largest absolute Gasteiger partial charge is 0.496 e. The maximum Gasteiger partial charge on any atom is 0.273 e. The molecule has 0 aliphatic heterocycles. The number of rotatable bonds is 4. The SMILES string of the molecule is COc1cc([N+](=O)[O-])ccc1-c1nn2c(-c3ccccn3)nnc2s1. The number of hydrogen-bond acceptors (Lipinski definition) is 8. The summed E-state index contributed by atoms with van der Waals surface area (Å²) in [6.07, 6.45) is 1.67. The van der Waals surface area contributed by atoms with Crippen LogP contribution in [0.1, 0.15) is 0 Å². The Morgan fingerprint density at radius 3 is 2.84 bits per heavy atom. The molecule has 3 heterocycles. The molecule has 0 radical (unpaired) electrons. The van der Waals surface area contributed by atoms with Crippen molar-refractivity contribution in [3.05, 3.63) is 52.7 Å². The molecule has 1 aromatic carbocycles. The molecular weight excluding hydrogens is 344 g/mol. The molecule has 4 rings (SSSR count). The van der Waals surface area contributed by atoms with E-state index in [1.165, 1.54) is 30.6 Å². The molecule has 124 valence electrons. The van der Waals surface area contributed by atoms with E-state index >= 15 is 0 Å². The van der Waals surface area contributed by atoms with E-state index in [-0.39, 0.29) is 5.69 Å². The highest BCUT2D eigenvalue weighted by Crippen LogP contribution is 2.36. The highest BCUT2D eigenvalue weighted by molar-refractivity contribution is 7.19. The number of fused-ring (bicyclic) bond motifs is 1. The van der Waals surface area contributed by atoms with E-state index in [0.29, 0.717) is 32.8 Å². The van der Waals surface area contributed by atoms with Gasteiger partial charge < -0.3 is 4.74 Å². The summed E-state index contributed by atoms with van der Waals surface area (Å²) in [5.74, 6) is 0.900. The van der Waals surface area contributed by atoms with Gasteiger partial charge >= 0.3 is 0 Å². The van der Waals surface area contributed by atoms with Crippen molar-refractivity contribution in [3.8, 4) is 27.8 Å². The van der Waals surface area contributed by atoms with Crippen molar-refractivity contribution in [1.29, 1.82) is 0 Å². The summed E-state index contributed by atoms with van der Waals surface area (Å²) in [5.41, 5.74) is 1.26. The van der Waals surface area contributed by atoms with E-state index in [0.717, 1.165) is 0 Å². The fraction of sp³-hybridized carbons (Fsp3) is 0.0667. The van der Waals surface area contributed by atoms with Crippen molar-refractivity contribution < 1.29 is 9.66 Å². The van der Waals surface area contributed by atoms with Gasteiger partial charge in [-0.3, -0.25) is 15.1 Å². The Labute approximate surface area is 144 Å². The zero-order valence-electron chi connectivity index (χ0n) is 12.9. The topological polar surface area (TPSA) is 108 Å². The first kappa shape index (κ1) is 15.1. The van der Waals surface area contributed by atoms with Crippen LogP contribution in [0, 0.1) is 10.1 Å². The van der Waals surface area contributed by atoms with E-state index in [2.05, 4.69) is 20.3 Å². The fourth-order valence-electron chi connectivity index (χ4n) is 2.35. The van der Waals surface area contributed by atoms with Gasteiger partial charge in [-0.05, 0) is 18.2 Å². The second-order valence-corrected chi connectivity index (χ2v) is 5.94. The van der Waals surface area contributed by atoms with Gasteiger partial charge in [0.2, 0.25) is 10.8 Å². The molecule has 0 bridgehead atoms. The van der Waals surface area contributed by atoms with Crippen LogP contribution in [0.25, 0.3) is 27.1 Å². The third kappa shape index (κ3) is 2.58. The Balaban J connectivity index is 1.83. The average Bonchev–Trinajstić information content (AvgIpc) is 3.22. The van der Waals surface area contributed by atoms with Crippen LogP contribution in [-0.2, 0) is 0 Å². The predicted octanol–water partition coefficient (Wildman–Crippen LogP) is 2.83. The summed E-state index contributed by atoms with van der Waals surface area (Å²) in [6.45, 7) is 0. The van der Waals surface area contributed by atoms with Gasteiger partial charge in [0.1, 0.15) is 11.4 Å². The van der Waals surface area contributed by atoms with Gasteiger partial charge in [-0.15, -0.1) is 10.2 Å². The molecule has 0 spiro atoms. The molecule has 0 saturated carbocycles. The van der Waals surface area contributed by atoms with Crippen LogP contribution in [0.3, 0.4) is 0 Å². The number of nitro benzene ring substituents is 1. The zero-order valence-corrected chi connectivity index (χ0v) is 13.7. The zero-order chi connectivity index (χ0) is 17.4. The van der Waals surface area contributed by atoms with Gasteiger partial charge in [0, 0.05) is 12.3 Å². The summed E-state index contributed by atoms with van der Waals surface area (Å²) in [4.78, 5) is 15.3. The lowest BCUT2D eigenvalue weighted by atomic mass is 10.2. The number of nitrogens with zero attached hydrogens (tertiary/aromatic N) is 6. The minimum atomic E-state index is -0.468. The number of non-ortho nitro benzene ring substituents is 1. The van der Waals surface area contributed by atoms with Crippen LogP contribution in [0.4, 0.5) is 5.69 Å². The molecule has 0 saturated heterocycles. The summed E-state index contributed by atoms with van der Waals surface area (Å²) >= 11 is 1.31. The molecule has 0 atom stereocenters. The second-order valence-electron chi connectivity index (χ2n) is 4.98. The Hall–Kier alpha value is -3.40. The highest BCUT2D eigenvalue weighted by atomic mass is 32.1.